The zero-order chi connectivity index (χ0) is 27.2. The Kier molecular flexibility index (Phi) is 18.0. The van der Waals surface area contributed by atoms with Crippen LogP contribution in [0.1, 0.15) is 0 Å². The number of ether oxygens (including phenoxy) is 1. The molecule has 0 aromatic rings. The molecular weight excluding hydrogens is 499 g/mol. The molecule has 18 nitrogen and oxygen atoms in total. The van der Waals surface area contributed by atoms with Crippen LogP contribution in [-0.4, -0.2) is 160 Å². The van der Waals surface area contributed by atoms with E-state index in [1.165, 1.54) is 0 Å². The number of carbonyl (C=O) groups excluding carboxylic acids is 2. The van der Waals surface area contributed by atoms with Crippen molar-refractivity contribution >= 4 is 20.4 Å². The van der Waals surface area contributed by atoms with Crippen molar-refractivity contribution in [1.82, 2.24) is 0 Å². The largest absolute Gasteiger partial charge is 0.469 e. The van der Waals surface area contributed by atoms with Gasteiger partial charge in [0.15, 0.2) is 18.9 Å². The van der Waals surface area contributed by atoms with E-state index in [1.807, 2.05) is 0 Å². The maximum Gasteiger partial charge on any atom is 0.469 e. The normalized spacial score (nSPS) is 29.1. The standard InChI is InChI=1S/C6H13O9P.C6H12O6.C3H6O3/c7-3-2(1-14-16(11,12)13)15-6(10)5(9)4(3)8;7-1-3(9)5(11)6(12)4(10)2-8;4-1-3(6)2-5/h2-10H,1H2,(H2,11,12,13);1,3-6,8-12H,2H2;1,3,5-6H,2H2/t2-,3-,4+,5-,6+;3-,4+,5-,6-;/m10./s1. The number of aliphatic hydroxyl groups is 11. The predicted octanol–water partition coefficient (Wildman–Crippen LogP) is -7.94. The Morgan fingerprint density at radius 3 is 1.71 bits per heavy atom. The van der Waals surface area contributed by atoms with Crippen molar-refractivity contribution in [2.75, 3.05) is 19.8 Å². The molecule has 1 aliphatic heterocycles. The molecule has 1 fully saturated rings. The van der Waals surface area contributed by atoms with E-state index in [1.54, 1.807) is 0 Å². The van der Waals surface area contributed by atoms with Gasteiger partial charge in [0.05, 0.1) is 19.8 Å². The molecule has 1 rings (SSSR count). The van der Waals surface area contributed by atoms with E-state index in [0.29, 0.717) is 0 Å². The number of phosphoric acid groups is 1. The Balaban J connectivity index is 0. The minimum atomic E-state index is -4.73. The van der Waals surface area contributed by atoms with Crippen molar-refractivity contribution in [2.45, 2.75) is 61.2 Å². The van der Waals surface area contributed by atoms with Gasteiger partial charge in [0.25, 0.3) is 0 Å². The Bertz CT molecular complexity index is 602. The molecule has 0 aromatic heterocycles. The van der Waals surface area contributed by atoms with Crippen LogP contribution in [0.4, 0.5) is 0 Å². The molecule has 1 heterocycles. The zero-order valence-electron chi connectivity index (χ0n) is 17.4. The maximum absolute atomic E-state index is 10.4. The molecule has 10 atom stereocenters. The third-order valence-corrected chi connectivity index (χ3v) is 4.34. The smallest absolute Gasteiger partial charge is 0.394 e. The lowest BCUT2D eigenvalue weighted by Crippen LogP contribution is -2.58. The lowest BCUT2D eigenvalue weighted by molar-refractivity contribution is -0.285. The summed E-state index contributed by atoms with van der Waals surface area (Å²) in [5, 5.41) is 96.2. The lowest BCUT2D eigenvalue weighted by atomic mass is 10.00. The van der Waals surface area contributed by atoms with Crippen molar-refractivity contribution < 1.29 is 89.4 Å². The molecule has 1 aliphatic rings. The van der Waals surface area contributed by atoms with Gasteiger partial charge < -0.3 is 80.3 Å². The molecule has 0 saturated carbocycles. The first kappa shape index (κ1) is 35.1. The van der Waals surface area contributed by atoms with Gasteiger partial charge >= 0.3 is 7.82 Å². The number of phosphoric ester groups is 1. The topological polar surface area (TPSA) is 333 Å². The highest BCUT2D eigenvalue weighted by Gasteiger charge is 2.43. The van der Waals surface area contributed by atoms with Crippen LogP contribution in [-0.2, 0) is 23.4 Å². The molecule has 19 heteroatoms. The second-order valence-corrected chi connectivity index (χ2v) is 7.81. The molecule has 204 valence electrons. The fourth-order valence-electron chi connectivity index (χ4n) is 1.90. The van der Waals surface area contributed by atoms with Gasteiger partial charge in [0, 0.05) is 0 Å². The number of aliphatic hydroxyl groups excluding tert-OH is 11. The summed E-state index contributed by atoms with van der Waals surface area (Å²) in [4.78, 5) is 36.0. The second-order valence-electron chi connectivity index (χ2n) is 6.57. The van der Waals surface area contributed by atoms with Gasteiger partial charge in [-0.25, -0.2) is 4.57 Å². The molecule has 34 heavy (non-hydrogen) atoms. The summed E-state index contributed by atoms with van der Waals surface area (Å²) < 4.78 is 19.0. The quantitative estimate of drug-likeness (QED) is 0.0920. The van der Waals surface area contributed by atoms with Gasteiger partial charge in [0.1, 0.15) is 54.9 Å². The van der Waals surface area contributed by atoms with Crippen LogP contribution in [0.5, 0.6) is 0 Å². The van der Waals surface area contributed by atoms with E-state index >= 15 is 0 Å². The number of aldehydes is 2. The van der Waals surface area contributed by atoms with Crippen LogP contribution in [0.2, 0.25) is 0 Å². The van der Waals surface area contributed by atoms with Crippen LogP contribution in [0.25, 0.3) is 0 Å². The zero-order valence-corrected chi connectivity index (χ0v) is 18.2. The lowest BCUT2D eigenvalue weighted by Gasteiger charge is -2.38. The molecule has 0 spiro atoms. The highest BCUT2D eigenvalue weighted by atomic mass is 31.2. The van der Waals surface area contributed by atoms with Gasteiger partial charge in [-0.1, -0.05) is 0 Å². The molecule has 13 N–H and O–H groups in total. The first-order chi connectivity index (χ1) is 15.6. The Labute approximate surface area is 191 Å². The average Bonchev–Trinajstić information content (AvgIpc) is 2.81. The van der Waals surface area contributed by atoms with E-state index in [4.69, 9.17) is 55.7 Å². The van der Waals surface area contributed by atoms with E-state index in [0.717, 1.165) is 0 Å². The summed E-state index contributed by atoms with van der Waals surface area (Å²) in [6.45, 7) is -1.97. The summed E-state index contributed by atoms with van der Waals surface area (Å²) in [7, 11) is -4.73. The SMILES string of the molecule is O=CC(O)CO.O=C[C@H](O)[C@H](O)[C@@H](O)[C@H](O)CO.O=P(O)(O)OC[C@H]1O[C@H](O)[C@H](O)[C@@H](O)[C@@H]1O. The minimum absolute atomic E-state index is 0.0258. The van der Waals surface area contributed by atoms with Crippen molar-refractivity contribution in [2.24, 2.45) is 0 Å². The molecule has 0 aromatic carbocycles. The van der Waals surface area contributed by atoms with E-state index in [2.05, 4.69) is 9.26 Å². The summed E-state index contributed by atoms with van der Waals surface area (Å²) >= 11 is 0. The average molecular weight is 530 g/mol. The third kappa shape index (κ3) is 13.8. The molecule has 0 aliphatic carbocycles. The summed E-state index contributed by atoms with van der Waals surface area (Å²) in [5.41, 5.74) is 0. The van der Waals surface area contributed by atoms with Crippen molar-refractivity contribution in [3.8, 4) is 0 Å². The van der Waals surface area contributed by atoms with E-state index in [-0.39, 0.29) is 12.6 Å². The summed E-state index contributed by atoms with van der Waals surface area (Å²) in [6.07, 6.45) is -15.9. The van der Waals surface area contributed by atoms with Crippen molar-refractivity contribution in [1.29, 1.82) is 0 Å². The van der Waals surface area contributed by atoms with Gasteiger partial charge in [0.2, 0.25) is 0 Å². The van der Waals surface area contributed by atoms with Crippen LogP contribution < -0.4 is 0 Å². The minimum Gasteiger partial charge on any atom is -0.394 e. The van der Waals surface area contributed by atoms with E-state index in [9.17, 15) is 24.4 Å². The van der Waals surface area contributed by atoms with Gasteiger partial charge in [-0.05, 0) is 0 Å². The predicted molar refractivity (Wildman–Crippen MR) is 103 cm³/mol. The number of hydrogen-bond donors (Lipinski definition) is 13. The number of rotatable bonds is 10. The molecule has 0 amide bonds. The van der Waals surface area contributed by atoms with Crippen LogP contribution in [0, 0.1) is 0 Å². The van der Waals surface area contributed by atoms with Crippen molar-refractivity contribution in [3.05, 3.63) is 0 Å². The first-order valence-electron chi connectivity index (χ1n) is 9.18. The monoisotopic (exact) mass is 530 g/mol. The molecular formula is C15H31O18P. The first-order valence-corrected chi connectivity index (χ1v) is 10.7. The highest BCUT2D eigenvalue weighted by molar-refractivity contribution is 7.46. The van der Waals surface area contributed by atoms with Crippen LogP contribution in [0.3, 0.4) is 0 Å². The summed E-state index contributed by atoms with van der Waals surface area (Å²) in [5.74, 6) is 0. The van der Waals surface area contributed by atoms with Gasteiger partial charge in [-0.15, -0.1) is 0 Å². The van der Waals surface area contributed by atoms with Gasteiger partial charge in [-0.2, -0.15) is 0 Å². The highest BCUT2D eigenvalue weighted by Crippen LogP contribution is 2.36. The third-order valence-electron chi connectivity index (χ3n) is 3.86. The molecule has 1 unspecified atom stereocenters. The van der Waals surface area contributed by atoms with Crippen LogP contribution >= 0.6 is 7.82 Å². The van der Waals surface area contributed by atoms with E-state index < -0.39 is 88.9 Å². The molecule has 0 radical (unpaired) electrons. The molecule has 0 bridgehead atoms. The fourth-order valence-corrected chi connectivity index (χ4v) is 2.24. The Morgan fingerprint density at radius 2 is 1.35 bits per heavy atom. The Hall–Kier alpha value is -1.03. The summed E-state index contributed by atoms with van der Waals surface area (Å²) in [6, 6.07) is 0. The number of carbonyl (C=O) groups is 2. The second kappa shape index (κ2) is 17.4. The molecule has 1 saturated heterocycles. The van der Waals surface area contributed by atoms with Gasteiger partial charge in [-0.3, -0.25) is 4.52 Å². The maximum atomic E-state index is 10.4. The van der Waals surface area contributed by atoms with Crippen LogP contribution in [0.15, 0.2) is 0 Å². The van der Waals surface area contributed by atoms with Crippen molar-refractivity contribution in [3.63, 3.8) is 0 Å². The Morgan fingerprint density at radius 1 is 0.824 bits per heavy atom. The fraction of sp³-hybridized carbons (Fsp3) is 0.867. The number of hydrogen-bond acceptors (Lipinski definition) is 16.